The number of hydrogen-bond donors (Lipinski definition) is 0. The molecule has 0 radical (unpaired) electrons. The van der Waals surface area contributed by atoms with Crippen molar-refractivity contribution in [1.29, 1.82) is 0 Å². The molecule has 0 amide bonds. The van der Waals surface area contributed by atoms with Gasteiger partial charge in [-0.05, 0) is 25.1 Å². The van der Waals surface area contributed by atoms with Crippen LogP contribution in [-0.4, -0.2) is 20.4 Å². The molecule has 0 aliphatic rings. The lowest BCUT2D eigenvalue weighted by molar-refractivity contribution is 0.628. The SMILES string of the molecule is Cc1nnc(-c2cc(Cl)ccc2F)nn1. The van der Waals surface area contributed by atoms with Crippen LogP contribution < -0.4 is 0 Å². The summed E-state index contributed by atoms with van der Waals surface area (Å²) in [7, 11) is 0. The van der Waals surface area contributed by atoms with Crippen LogP contribution in [0.1, 0.15) is 5.82 Å². The Bertz CT molecular complexity index is 486. The van der Waals surface area contributed by atoms with Crippen molar-refractivity contribution < 1.29 is 4.39 Å². The van der Waals surface area contributed by atoms with Crippen molar-refractivity contribution in [3.05, 3.63) is 34.9 Å². The summed E-state index contributed by atoms with van der Waals surface area (Å²) in [5.74, 6) is 0.105. The zero-order valence-electron chi connectivity index (χ0n) is 7.78. The van der Waals surface area contributed by atoms with Crippen LogP contribution in [0, 0.1) is 12.7 Å². The predicted octanol–water partition coefficient (Wildman–Crippen LogP) is 2.03. The lowest BCUT2D eigenvalue weighted by Gasteiger charge is -2.00. The molecule has 0 unspecified atom stereocenters. The standard InChI is InChI=1S/C9H6ClFN4/c1-5-12-14-9(15-13-5)7-4-6(10)2-3-8(7)11/h2-4H,1H3. The topological polar surface area (TPSA) is 51.6 Å². The molecular formula is C9H6ClFN4. The van der Waals surface area contributed by atoms with Crippen LogP contribution in [0.2, 0.25) is 5.02 Å². The molecule has 4 nitrogen and oxygen atoms in total. The fourth-order valence-electron chi connectivity index (χ4n) is 1.06. The van der Waals surface area contributed by atoms with Crippen LogP contribution in [-0.2, 0) is 0 Å². The van der Waals surface area contributed by atoms with Gasteiger partial charge in [-0.1, -0.05) is 11.6 Å². The first-order valence-electron chi connectivity index (χ1n) is 4.16. The number of rotatable bonds is 1. The van der Waals surface area contributed by atoms with E-state index in [0.717, 1.165) is 0 Å². The average molecular weight is 225 g/mol. The van der Waals surface area contributed by atoms with E-state index in [9.17, 15) is 4.39 Å². The van der Waals surface area contributed by atoms with Crippen LogP contribution in [0.15, 0.2) is 18.2 Å². The highest BCUT2D eigenvalue weighted by Gasteiger charge is 2.09. The zero-order valence-corrected chi connectivity index (χ0v) is 8.53. The van der Waals surface area contributed by atoms with Gasteiger partial charge in [-0.25, -0.2) is 4.39 Å². The third kappa shape index (κ3) is 2.07. The van der Waals surface area contributed by atoms with Gasteiger partial charge >= 0.3 is 0 Å². The number of benzene rings is 1. The Morgan fingerprint density at radius 3 is 2.47 bits per heavy atom. The fraction of sp³-hybridized carbons (Fsp3) is 0.111. The molecule has 2 rings (SSSR count). The molecule has 0 spiro atoms. The second-order valence-corrected chi connectivity index (χ2v) is 3.33. The van der Waals surface area contributed by atoms with Crippen LogP contribution in [0.3, 0.4) is 0 Å². The Morgan fingerprint density at radius 1 is 1.13 bits per heavy atom. The molecule has 0 N–H and O–H groups in total. The van der Waals surface area contributed by atoms with E-state index in [0.29, 0.717) is 10.8 Å². The Hall–Kier alpha value is -1.62. The third-order valence-electron chi connectivity index (χ3n) is 1.75. The van der Waals surface area contributed by atoms with Gasteiger partial charge in [0.2, 0.25) is 5.82 Å². The molecular weight excluding hydrogens is 219 g/mol. The molecule has 76 valence electrons. The quantitative estimate of drug-likeness (QED) is 0.744. The largest absolute Gasteiger partial charge is 0.206 e. The fourth-order valence-corrected chi connectivity index (χ4v) is 1.23. The van der Waals surface area contributed by atoms with E-state index < -0.39 is 5.82 Å². The summed E-state index contributed by atoms with van der Waals surface area (Å²) in [6, 6.07) is 4.14. The van der Waals surface area contributed by atoms with Crippen molar-refractivity contribution >= 4 is 11.6 Å². The Kier molecular flexibility index (Phi) is 2.55. The summed E-state index contributed by atoms with van der Waals surface area (Å²) in [5.41, 5.74) is 0.197. The first-order chi connectivity index (χ1) is 7.16. The van der Waals surface area contributed by atoms with Gasteiger partial charge < -0.3 is 0 Å². The molecule has 2 aromatic rings. The van der Waals surface area contributed by atoms with Crippen LogP contribution >= 0.6 is 11.6 Å². The molecule has 0 saturated carbocycles. The first kappa shape index (κ1) is 9.92. The Labute approximate surface area is 90.1 Å². The van der Waals surface area contributed by atoms with Crippen molar-refractivity contribution in [2.45, 2.75) is 6.92 Å². The predicted molar refractivity (Wildman–Crippen MR) is 52.8 cm³/mol. The maximum atomic E-state index is 13.4. The molecule has 6 heteroatoms. The van der Waals surface area contributed by atoms with Crippen LogP contribution in [0.5, 0.6) is 0 Å². The van der Waals surface area contributed by atoms with E-state index in [1.165, 1.54) is 18.2 Å². The van der Waals surface area contributed by atoms with Crippen LogP contribution in [0.25, 0.3) is 11.4 Å². The zero-order chi connectivity index (χ0) is 10.8. The second kappa shape index (κ2) is 3.86. The highest BCUT2D eigenvalue weighted by atomic mass is 35.5. The first-order valence-corrected chi connectivity index (χ1v) is 4.54. The monoisotopic (exact) mass is 224 g/mol. The minimum atomic E-state index is -0.452. The number of nitrogens with zero attached hydrogens (tertiary/aromatic N) is 4. The molecule has 0 aliphatic heterocycles. The van der Waals surface area contributed by atoms with Gasteiger partial charge in [0.1, 0.15) is 5.82 Å². The second-order valence-electron chi connectivity index (χ2n) is 2.89. The molecule has 0 atom stereocenters. The summed E-state index contributed by atoms with van der Waals surface area (Å²) in [4.78, 5) is 0. The van der Waals surface area contributed by atoms with Crippen molar-refractivity contribution in [2.24, 2.45) is 0 Å². The van der Waals surface area contributed by atoms with Crippen molar-refractivity contribution in [1.82, 2.24) is 20.4 Å². The summed E-state index contributed by atoms with van der Waals surface area (Å²) in [5, 5.41) is 15.3. The van der Waals surface area contributed by atoms with E-state index in [2.05, 4.69) is 20.4 Å². The minimum absolute atomic E-state index is 0.126. The van der Waals surface area contributed by atoms with E-state index in [1.54, 1.807) is 6.92 Å². The molecule has 0 aliphatic carbocycles. The van der Waals surface area contributed by atoms with Gasteiger partial charge in [-0.2, -0.15) is 0 Å². The van der Waals surface area contributed by atoms with Gasteiger partial charge in [-0.3, -0.25) is 0 Å². The van der Waals surface area contributed by atoms with Crippen molar-refractivity contribution in [3.8, 4) is 11.4 Å². The Balaban J connectivity index is 2.53. The minimum Gasteiger partial charge on any atom is -0.206 e. The molecule has 15 heavy (non-hydrogen) atoms. The molecule has 0 saturated heterocycles. The summed E-state index contributed by atoms with van der Waals surface area (Å²) in [6.45, 7) is 1.65. The molecule has 1 aromatic heterocycles. The van der Waals surface area contributed by atoms with Crippen LogP contribution in [0.4, 0.5) is 4.39 Å². The van der Waals surface area contributed by atoms with Gasteiger partial charge in [0, 0.05) is 5.02 Å². The highest BCUT2D eigenvalue weighted by molar-refractivity contribution is 6.30. The highest BCUT2D eigenvalue weighted by Crippen LogP contribution is 2.21. The Morgan fingerprint density at radius 2 is 1.80 bits per heavy atom. The number of aryl methyl sites for hydroxylation is 1. The lowest BCUT2D eigenvalue weighted by Crippen LogP contribution is -1.99. The third-order valence-corrected chi connectivity index (χ3v) is 1.98. The summed E-state index contributed by atoms with van der Waals surface area (Å²) in [6.07, 6.45) is 0. The average Bonchev–Trinajstić information content (AvgIpc) is 2.23. The van der Waals surface area contributed by atoms with Gasteiger partial charge in [-0.15, -0.1) is 20.4 Å². The maximum absolute atomic E-state index is 13.4. The molecule has 1 aromatic carbocycles. The number of halogens is 2. The summed E-state index contributed by atoms with van der Waals surface area (Å²) < 4.78 is 13.4. The lowest BCUT2D eigenvalue weighted by atomic mass is 10.2. The number of aromatic nitrogens is 4. The van der Waals surface area contributed by atoms with E-state index >= 15 is 0 Å². The van der Waals surface area contributed by atoms with Gasteiger partial charge in [0.05, 0.1) is 5.56 Å². The summed E-state index contributed by atoms with van der Waals surface area (Å²) >= 11 is 5.73. The molecule has 0 bridgehead atoms. The number of hydrogen-bond acceptors (Lipinski definition) is 4. The maximum Gasteiger partial charge on any atom is 0.206 e. The van der Waals surface area contributed by atoms with E-state index in [-0.39, 0.29) is 11.4 Å². The van der Waals surface area contributed by atoms with Gasteiger partial charge in [0.15, 0.2) is 5.82 Å². The normalized spacial score (nSPS) is 10.3. The van der Waals surface area contributed by atoms with Crippen molar-refractivity contribution in [3.63, 3.8) is 0 Å². The molecule has 1 heterocycles. The smallest absolute Gasteiger partial charge is 0.206 e. The van der Waals surface area contributed by atoms with E-state index in [4.69, 9.17) is 11.6 Å². The van der Waals surface area contributed by atoms with E-state index in [1.807, 2.05) is 0 Å². The van der Waals surface area contributed by atoms with Crippen molar-refractivity contribution in [2.75, 3.05) is 0 Å². The molecule has 0 fully saturated rings. The van der Waals surface area contributed by atoms with Gasteiger partial charge in [0.25, 0.3) is 0 Å².